The average molecular weight is 422 g/mol. The molecule has 3 rings (SSSR count). The first-order chi connectivity index (χ1) is 11.6. The summed E-state index contributed by atoms with van der Waals surface area (Å²) in [5.74, 6) is 2.39. The van der Waals surface area contributed by atoms with E-state index in [0.29, 0.717) is 15.1 Å². The number of aromatic nitrogens is 2. The molecule has 0 bridgehead atoms. The third-order valence-corrected chi connectivity index (χ3v) is 8.44. The van der Waals surface area contributed by atoms with Crippen LogP contribution >= 0.6 is 58.3 Å². The predicted octanol–water partition coefficient (Wildman–Crippen LogP) is 6.43. The highest BCUT2D eigenvalue weighted by atomic mass is 35.5. The lowest BCUT2D eigenvalue weighted by molar-refractivity contribution is 0.575. The standard InChI is InChI=1S/C17H19Cl3N2S2/c18-13-9-15(19)14(16(20)10-13)11-17(23-7-2-8-24-17)3-1-5-22-6-4-21-12-22/h4,6,9-10,12H,1-3,5,7-8,11H2. The first kappa shape index (κ1) is 18.8. The second-order valence-corrected chi connectivity index (χ2v) is 10.4. The average Bonchev–Trinajstić information content (AvgIpc) is 3.05. The van der Waals surface area contributed by atoms with Gasteiger partial charge in [0.15, 0.2) is 0 Å². The van der Waals surface area contributed by atoms with Crippen LogP contribution in [0.1, 0.15) is 24.8 Å². The molecule has 0 N–H and O–H groups in total. The number of halogens is 3. The van der Waals surface area contributed by atoms with Crippen molar-refractivity contribution in [1.82, 2.24) is 9.55 Å². The van der Waals surface area contributed by atoms with Crippen molar-refractivity contribution in [3.05, 3.63) is 51.5 Å². The monoisotopic (exact) mass is 420 g/mol. The Morgan fingerprint density at radius 2 is 1.83 bits per heavy atom. The van der Waals surface area contributed by atoms with E-state index in [1.165, 1.54) is 17.9 Å². The molecule has 2 aromatic rings. The highest BCUT2D eigenvalue weighted by molar-refractivity contribution is 8.18. The fraction of sp³-hybridized carbons (Fsp3) is 0.471. The summed E-state index contributed by atoms with van der Waals surface area (Å²) in [6.07, 6.45) is 10.1. The SMILES string of the molecule is Clc1cc(Cl)c(CC2(CCCn3ccnc3)SCCCS2)c(Cl)c1. The molecule has 0 spiro atoms. The van der Waals surface area contributed by atoms with Crippen molar-refractivity contribution in [1.29, 1.82) is 0 Å². The number of hydrogen-bond donors (Lipinski definition) is 0. The van der Waals surface area contributed by atoms with Crippen LogP contribution in [0.5, 0.6) is 0 Å². The Labute approximate surface area is 166 Å². The molecule has 0 aliphatic carbocycles. The van der Waals surface area contributed by atoms with Gasteiger partial charge in [0.25, 0.3) is 0 Å². The Morgan fingerprint density at radius 3 is 2.46 bits per heavy atom. The Morgan fingerprint density at radius 1 is 1.12 bits per heavy atom. The summed E-state index contributed by atoms with van der Waals surface area (Å²) in [6.45, 7) is 0.991. The van der Waals surface area contributed by atoms with E-state index in [-0.39, 0.29) is 4.08 Å². The third kappa shape index (κ3) is 4.79. The maximum atomic E-state index is 6.43. The number of thioether (sulfide) groups is 2. The van der Waals surface area contributed by atoms with Crippen molar-refractivity contribution in [2.75, 3.05) is 11.5 Å². The highest BCUT2D eigenvalue weighted by Gasteiger charge is 2.34. The van der Waals surface area contributed by atoms with E-state index < -0.39 is 0 Å². The van der Waals surface area contributed by atoms with Gasteiger partial charge in [0.05, 0.1) is 10.4 Å². The molecule has 0 saturated carbocycles. The highest BCUT2D eigenvalue weighted by Crippen LogP contribution is 2.49. The predicted molar refractivity (Wildman–Crippen MR) is 109 cm³/mol. The summed E-state index contributed by atoms with van der Waals surface area (Å²) in [5.41, 5.74) is 1.02. The van der Waals surface area contributed by atoms with E-state index in [4.69, 9.17) is 34.8 Å². The normalized spacial score (nSPS) is 17.1. The minimum absolute atomic E-state index is 0.139. The molecule has 1 aliphatic heterocycles. The summed E-state index contributed by atoms with van der Waals surface area (Å²) in [6, 6.07) is 3.59. The van der Waals surface area contributed by atoms with Crippen LogP contribution in [-0.4, -0.2) is 25.1 Å². The molecule has 130 valence electrons. The first-order valence-corrected chi connectivity index (χ1v) is 11.1. The first-order valence-electron chi connectivity index (χ1n) is 7.95. The largest absolute Gasteiger partial charge is 0.337 e. The van der Waals surface area contributed by atoms with Crippen LogP contribution in [0, 0.1) is 0 Å². The molecule has 0 unspecified atom stereocenters. The van der Waals surface area contributed by atoms with Gasteiger partial charge in [-0.15, -0.1) is 23.5 Å². The van der Waals surface area contributed by atoms with Crippen molar-refractivity contribution in [2.45, 2.75) is 36.3 Å². The van der Waals surface area contributed by atoms with Crippen LogP contribution in [0.25, 0.3) is 0 Å². The van der Waals surface area contributed by atoms with Crippen LogP contribution in [-0.2, 0) is 13.0 Å². The molecule has 7 heteroatoms. The van der Waals surface area contributed by atoms with Crippen LogP contribution < -0.4 is 0 Å². The van der Waals surface area contributed by atoms with E-state index in [1.54, 1.807) is 12.1 Å². The number of benzene rings is 1. The van der Waals surface area contributed by atoms with E-state index >= 15 is 0 Å². The smallest absolute Gasteiger partial charge is 0.0945 e. The van der Waals surface area contributed by atoms with Crippen LogP contribution in [0.3, 0.4) is 0 Å². The molecule has 0 atom stereocenters. The minimum atomic E-state index is 0.139. The van der Waals surface area contributed by atoms with E-state index in [2.05, 4.69) is 33.1 Å². The Bertz CT molecular complexity index is 647. The number of aryl methyl sites for hydroxylation is 1. The topological polar surface area (TPSA) is 17.8 Å². The fourth-order valence-electron chi connectivity index (χ4n) is 2.91. The molecular weight excluding hydrogens is 403 g/mol. The van der Waals surface area contributed by atoms with Gasteiger partial charge < -0.3 is 4.57 Å². The van der Waals surface area contributed by atoms with Crippen molar-refractivity contribution < 1.29 is 0 Å². The Kier molecular flexibility index (Phi) is 6.72. The second-order valence-electron chi connectivity index (χ2n) is 5.89. The number of imidazole rings is 1. The molecule has 2 nitrogen and oxygen atoms in total. The third-order valence-electron chi connectivity index (χ3n) is 4.10. The summed E-state index contributed by atoms with van der Waals surface area (Å²) >= 11 is 23.0. The summed E-state index contributed by atoms with van der Waals surface area (Å²) in [5, 5.41) is 1.94. The van der Waals surface area contributed by atoms with Crippen LogP contribution in [0.4, 0.5) is 0 Å². The molecule has 24 heavy (non-hydrogen) atoms. The van der Waals surface area contributed by atoms with Gasteiger partial charge in [-0.3, -0.25) is 0 Å². The van der Waals surface area contributed by atoms with Crippen molar-refractivity contribution in [3.63, 3.8) is 0 Å². The van der Waals surface area contributed by atoms with Crippen molar-refractivity contribution >= 4 is 58.3 Å². The van der Waals surface area contributed by atoms with E-state index in [0.717, 1.165) is 31.4 Å². The number of nitrogens with zero attached hydrogens (tertiary/aromatic N) is 2. The van der Waals surface area contributed by atoms with Gasteiger partial charge in [-0.2, -0.15) is 0 Å². The van der Waals surface area contributed by atoms with Crippen molar-refractivity contribution in [3.8, 4) is 0 Å². The zero-order valence-electron chi connectivity index (χ0n) is 13.2. The maximum Gasteiger partial charge on any atom is 0.0945 e. The molecule has 1 aliphatic rings. The fourth-order valence-corrected chi connectivity index (χ4v) is 7.27. The Balaban J connectivity index is 1.73. The van der Waals surface area contributed by atoms with Crippen molar-refractivity contribution in [2.24, 2.45) is 0 Å². The molecular formula is C17H19Cl3N2S2. The van der Waals surface area contributed by atoms with E-state index in [1.807, 2.05) is 18.7 Å². The maximum absolute atomic E-state index is 6.43. The van der Waals surface area contributed by atoms with Gasteiger partial charge >= 0.3 is 0 Å². The summed E-state index contributed by atoms with van der Waals surface area (Å²) in [4.78, 5) is 4.11. The number of hydrogen-bond acceptors (Lipinski definition) is 3. The van der Waals surface area contributed by atoms with Crippen LogP contribution in [0.2, 0.25) is 15.1 Å². The summed E-state index contributed by atoms with van der Waals surface area (Å²) in [7, 11) is 0. The lowest BCUT2D eigenvalue weighted by Gasteiger charge is -2.37. The second kappa shape index (κ2) is 8.59. The lowest BCUT2D eigenvalue weighted by atomic mass is 10.1. The lowest BCUT2D eigenvalue weighted by Crippen LogP contribution is -2.28. The molecule has 1 fully saturated rings. The summed E-state index contributed by atoms with van der Waals surface area (Å²) < 4.78 is 2.27. The van der Waals surface area contributed by atoms with Gasteiger partial charge in [0.2, 0.25) is 0 Å². The van der Waals surface area contributed by atoms with Gasteiger partial charge in [0.1, 0.15) is 0 Å². The van der Waals surface area contributed by atoms with Gasteiger partial charge in [-0.25, -0.2) is 4.98 Å². The molecule has 2 heterocycles. The zero-order valence-corrected chi connectivity index (χ0v) is 17.1. The molecule has 0 radical (unpaired) electrons. The van der Waals surface area contributed by atoms with E-state index in [9.17, 15) is 0 Å². The van der Waals surface area contributed by atoms with Gasteiger partial charge in [0, 0.05) is 34.0 Å². The number of rotatable bonds is 6. The quantitative estimate of drug-likeness (QED) is 0.535. The zero-order chi connectivity index (χ0) is 17.0. The molecule has 0 amide bonds. The minimum Gasteiger partial charge on any atom is -0.337 e. The van der Waals surface area contributed by atoms with Gasteiger partial charge in [-0.05, 0) is 54.9 Å². The van der Waals surface area contributed by atoms with Crippen LogP contribution in [0.15, 0.2) is 30.9 Å². The molecule has 1 saturated heterocycles. The van der Waals surface area contributed by atoms with Gasteiger partial charge in [-0.1, -0.05) is 34.8 Å². The molecule has 1 aromatic heterocycles. The molecule has 1 aromatic carbocycles. The Hall–Kier alpha value is -0.000000000000000167.